The molecule has 0 spiro atoms. The molecule has 0 saturated carbocycles. The van der Waals surface area contributed by atoms with Crippen molar-refractivity contribution in [1.29, 1.82) is 0 Å². The first kappa shape index (κ1) is 13.8. The summed E-state index contributed by atoms with van der Waals surface area (Å²) in [6.07, 6.45) is 1.75. The molecule has 0 radical (unpaired) electrons. The lowest BCUT2D eigenvalue weighted by Gasteiger charge is -2.15. The maximum Gasteiger partial charge on any atom is 0.242 e. The van der Waals surface area contributed by atoms with Gasteiger partial charge in [-0.15, -0.1) is 0 Å². The molecule has 1 amide bonds. The van der Waals surface area contributed by atoms with Gasteiger partial charge >= 0.3 is 0 Å². The van der Waals surface area contributed by atoms with Crippen LogP contribution in [-0.4, -0.2) is 23.5 Å². The monoisotopic (exact) mass is 321 g/mol. The number of carbonyl (C=O) groups is 1. The lowest BCUT2D eigenvalue weighted by Crippen LogP contribution is -2.37. The number of halogens is 1. The number of aromatic nitrogens is 1. The van der Waals surface area contributed by atoms with Gasteiger partial charge in [0.2, 0.25) is 5.91 Å². The number of carbonyl (C=O) groups excluding carboxylic acids is 1. The van der Waals surface area contributed by atoms with E-state index >= 15 is 0 Å². The number of hydrogen-bond donors (Lipinski definition) is 2. The van der Waals surface area contributed by atoms with Crippen LogP contribution >= 0.6 is 15.9 Å². The Balaban J connectivity index is 2.28. The third-order valence-corrected chi connectivity index (χ3v) is 3.23. The molecule has 100 valence electrons. The summed E-state index contributed by atoms with van der Waals surface area (Å²) in [7, 11) is 0. The molecule has 1 heterocycles. The van der Waals surface area contributed by atoms with Crippen LogP contribution < -0.4 is 10.6 Å². The molecule has 4 nitrogen and oxygen atoms in total. The van der Waals surface area contributed by atoms with Crippen LogP contribution in [0.3, 0.4) is 0 Å². The molecule has 1 aromatic carbocycles. The van der Waals surface area contributed by atoms with Gasteiger partial charge in [0.1, 0.15) is 6.04 Å². The van der Waals surface area contributed by atoms with Gasteiger partial charge in [0.05, 0.1) is 11.2 Å². The highest BCUT2D eigenvalue weighted by Gasteiger charge is 2.13. The summed E-state index contributed by atoms with van der Waals surface area (Å²) in [4.78, 5) is 16.1. The zero-order valence-corrected chi connectivity index (χ0v) is 12.5. The number of fused-ring (bicyclic) bond motifs is 1. The second kappa shape index (κ2) is 6.02. The number of benzene rings is 1. The van der Waals surface area contributed by atoms with E-state index < -0.39 is 0 Å². The molecule has 0 aliphatic rings. The first-order valence-corrected chi connectivity index (χ1v) is 6.99. The summed E-state index contributed by atoms with van der Waals surface area (Å²) in [6, 6.07) is 7.58. The summed E-state index contributed by atoms with van der Waals surface area (Å²) < 4.78 is 0.939. The fraction of sp³-hybridized carbons (Fsp3) is 0.286. The van der Waals surface area contributed by atoms with Gasteiger partial charge in [-0.25, -0.2) is 0 Å². The van der Waals surface area contributed by atoms with Crippen LogP contribution in [0, 0.1) is 0 Å². The van der Waals surface area contributed by atoms with E-state index in [0.29, 0.717) is 6.54 Å². The van der Waals surface area contributed by atoms with Crippen LogP contribution in [0.1, 0.15) is 13.8 Å². The number of amides is 1. The van der Waals surface area contributed by atoms with Gasteiger partial charge in [0, 0.05) is 22.6 Å². The second-order valence-electron chi connectivity index (χ2n) is 4.29. The van der Waals surface area contributed by atoms with Gasteiger partial charge in [-0.1, -0.05) is 12.1 Å². The van der Waals surface area contributed by atoms with E-state index in [0.717, 1.165) is 21.1 Å². The van der Waals surface area contributed by atoms with Crippen LogP contribution in [0.25, 0.3) is 10.9 Å². The van der Waals surface area contributed by atoms with Crippen molar-refractivity contribution in [1.82, 2.24) is 10.3 Å². The molecule has 19 heavy (non-hydrogen) atoms. The SMILES string of the molecule is CCNC(=O)C(C)Nc1cccc2cc(Br)cnc12. The minimum atomic E-state index is -0.295. The summed E-state index contributed by atoms with van der Waals surface area (Å²) in [5.74, 6) is -0.0170. The topological polar surface area (TPSA) is 54.0 Å². The smallest absolute Gasteiger partial charge is 0.242 e. The first-order valence-electron chi connectivity index (χ1n) is 6.20. The lowest BCUT2D eigenvalue weighted by atomic mass is 10.1. The number of nitrogens with zero attached hydrogens (tertiary/aromatic N) is 1. The summed E-state index contributed by atoms with van der Waals surface area (Å²) in [5.41, 5.74) is 1.73. The average molecular weight is 322 g/mol. The van der Waals surface area contributed by atoms with Gasteiger partial charge < -0.3 is 10.6 Å². The highest BCUT2D eigenvalue weighted by Crippen LogP contribution is 2.24. The number of likely N-dealkylation sites (N-methyl/N-ethyl adjacent to an activating group) is 1. The van der Waals surface area contributed by atoms with E-state index in [2.05, 4.69) is 31.5 Å². The maximum atomic E-state index is 11.7. The van der Waals surface area contributed by atoms with Gasteiger partial charge in [-0.3, -0.25) is 9.78 Å². The van der Waals surface area contributed by atoms with Crippen molar-refractivity contribution in [2.75, 3.05) is 11.9 Å². The van der Waals surface area contributed by atoms with Crippen molar-refractivity contribution in [3.63, 3.8) is 0 Å². The van der Waals surface area contributed by atoms with Gasteiger partial charge in [-0.05, 0) is 41.9 Å². The van der Waals surface area contributed by atoms with E-state index in [1.165, 1.54) is 0 Å². The maximum absolute atomic E-state index is 11.7. The lowest BCUT2D eigenvalue weighted by molar-refractivity contribution is -0.121. The number of rotatable bonds is 4. The quantitative estimate of drug-likeness (QED) is 0.910. The van der Waals surface area contributed by atoms with Crippen molar-refractivity contribution in [3.05, 3.63) is 34.9 Å². The molecule has 0 fully saturated rings. The number of hydrogen-bond acceptors (Lipinski definition) is 3. The molecular weight excluding hydrogens is 306 g/mol. The van der Waals surface area contributed by atoms with E-state index in [1.807, 2.05) is 38.1 Å². The second-order valence-corrected chi connectivity index (χ2v) is 5.21. The first-order chi connectivity index (χ1) is 9.11. The molecule has 0 saturated heterocycles. The molecule has 0 aliphatic carbocycles. The van der Waals surface area contributed by atoms with Gasteiger partial charge in [0.15, 0.2) is 0 Å². The Morgan fingerprint density at radius 3 is 3.00 bits per heavy atom. The molecule has 5 heteroatoms. The van der Waals surface area contributed by atoms with Crippen molar-refractivity contribution in [2.45, 2.75) is 19.9 Å². The van der Waals surface area contributed by atoms with Crippen LogP contribution in [0.4, 0.5) is 5.69 Å². The molecule has 2 aromatic rings. The minimum Gasteiger partial charge on any atom is -0.372 e. The highest BCUT2D eigenvalue weighted by molar-refractivity contribution is 9.10. The van der Waals surface area contributed by atoms with E-state index in [9.17, 15) is 4.79 Å². The predicted octanol–water partition coefficient (Wildman–Crippen LogP) is 2.93. The summed E-state index contributed by atoms with van der Waals surface area (Å²) in [5, 5.41) is 7.02. The number of para-hydroxylation sites is 1. The summed E-state index contributed by atoms with van der Waals surface area (Å²) >= 11 is 3.40. The molecular formula is C14H16BrN3O. The standard InChI is InChI=1S/C14H16BrN3O/c1-3-16-14(19)9(2)18-12-6-4-5-10-7-11(15)8-17-13(10)12/h4-9,18H,3H2,1-2H3,(H,16,19). The molecule has 0 bridgehead atoms. The fourth-order valence-corrected chi connectivity index (χ4v) is 2.23. The van der Waals surface area contributed by atoms with Crippen LogP contribution in [-0.2, 0) is 4.79 Å². The molecule has 2 rings (SSSR count). The van der Waals surface area contributed by atoms with E-state index in [4.69, 9.17) is 0 Å². The van der Waals surface area contributed by atoms with E-state index in [1.54, 1.807) is 6.20 Å². The van der Waals surface area contributed by atoms with Crippen LogP contribution in [0.5, 0.6) is 0 Å². The van der Waals surface area contributed by atoms with Gasteiger partial charge in [-0.2, -0.15) is 0 Å². The van der Waals surface area contributed by atoms with Crippen LogP contribution in [0.15, 0.2) is 34.9 Å². The highest BCUT2D eigenvalue weighted by atomic mass is 79.9. The number of anilines is 1. The van der Waals surface area contributed by atoms with Crippen molar-refractivity contribution < 1.29 is 4.79 Å². The summed E-state index contributed by atoms with van der Waals surface area (Å²) in [6.45, 7) is 4.37. The van der Waals surface area contributed by atoms with Gasteiger partial charge in [0.25, 0.3) is 0 Å². The third-order valence-electron chi connectivity index (χ3n) is 2.79. The fourth-order valence-electron chi connectivity index (χ4n) is 1.88. The zero-order chi connectivity index (χ0) is 13.8. The Morgan fingerprint density at radius 1 is 1.47 bits per heavy atom. The Hall–Kier alpha value is -1.62. The Bertz CT molecular complexity index is 600. The van der Waals surface area contributed by atoms with Crippen molar-refractivity contribution >= 4 is 38.4 Å². The van der Waals surface area contributed by atoms with Crippen molar-refractivity contribution in [3.8, 4) is 0 Å². The molecule has 1 aromatic heterocycles. The molecule has 2 N–H and O–H groups in total. The molecule has 1 unspecified atom stereocenters. The Labute approximate surface area is 120 Å². The average Bonchev–Trinajstić information content (AvgIpc) is 2.38. The third kappa shape index (κ3) is 3.23. The number of nitrogens with one attached hydrogen (secondary N) is 2. The largest absolute Gasteiger partial charge is 0.372 e. The van der Waals surface area contributed by atoms with Crippen LogP contribution in [0.2, 0.25) is 0 Å². The molecule has 0 aliphatic heterocycles. The Morgan fingerprint density at radius 2 is 2.26 bits per heavy atom. The predicted molar refractivity (Wildman–Crippen MR) is 81.2 cm³/mol. The van der Waals surface area contributed by atoms with Crippen molar-refractivity contribution in [2.24, 2.45) is 0 Å². The minimum absolute atomic E-state index is 0.0170. The van der Waals surface area contributed by atoms with E-state index in [-0.39, 0.29) is 11.9 Å². The molecule has 1 atom stereocenters. The zero-order valence-electron chi connectivity index (χ0n) is 10.9. The number of pyridine rings is 1. The normalized spacial score (nSPS) is 12.2. The Kier molecular flexibility index (Phi) is 4.37.